The second-order valence-electron chi connectivity index (χ2n) is 6.22. The summed E-state index contributed by atoms with van der Waals surface area (Å²) < 4.78 is 38.8. The molecule has 2 N–H and O–H groups in total. The van der Waals surface area contributed by atoms with Gasteiger partial charge in [-0.3, -0.25) is 9.59 Å². The maximum Gasteiger partial charge on any atom is 0.408 e. The number of halogens is 3. The summed E-state index contributed by atoms with van der Waals surface area (Å²) in [6.45, 7) is 0.911. The molecule has 1 aliphatic heterocycles. The number of carbonyl (C=O) groups excluding carboxylic acids is 2. The highest BCUT2D eigenvalue weighted by Crippen LogP contribution is 2.33. The number of carbonyl (C=O) groups is 2. The van der Waals surface area contributed by atoms with Gasteiger partial charge < -0.3 is 15.3 Å². The summed E-state index contributed by atoms with van der Waals surface area (Å²) in [6, 6.07) is -2.35. The van der Waals surface area contributed by atoms with E-state index in [1.54, 1.807) is 0 Å². The molecule has 2 amide bonds. The van der Waals surface area contributed by atoms with Gasteiger partial charge in [-0.15, -0.1) is 0 Å². The van der Waals surface area contributed by atoms with E-state index < -0.39 is 35.7 Å². The molecular weight excluding hydrogens is 301 g/mol. The molecule has 0 aromatic rings. The van der Waals surface area contributed by atoms with Crippen LogP contribution in [-0.4, -0.2) is 52.2 Å². The van der Waals surface area contributed by atoms with Crippen LogP contribution in [0.3, 0.4) is 0 Å². The molecule has 126 valence electrons. The molecule has 0 aromatic heterocycles. The maximum atomic E-state index is 12.9. The lowest BCUT2D eigenvalue weighted by molar-refractivity contribution is -0.196. The number of hydrogen-bond donors (Lipinski definition) is 2. The van der Waals surface area contributed by atoms with Gasteiger partial charge in [0.15, 0.2) is 0 Å². The standard InChI is InChI=1S/C14H21F3N2O3/c1-9(20)19-8-10(4-5-11(19)14(15,16)17)18-12(21)13(22)6-2-3-7-13/h10-11,22H,2-8H2,1H3,(H,18,21). The van der Waals surface area contributed by atoms with Crippen LogP contribution in [0.25, 0.3) is 0 Å². The predicted molar refractivity (Wildman–Crippen MR) is 71.8 cm³/mol. The van der Waals surface area contributed by atoms with E-state index in [1.165, 1.54) is 0 Å². The third-order valence-electron chi connectivity index (χ3n) is 4.55. The zero-order chi connectivity index (χ0) is 16.5. The summed E-state index contributed by atoms with van der Waals surface area (Å²) in [6.07, 6.45) is -2.33. The summed E-state index contributed by atoms with van der Waals surface area (Å²) in [4.78, 5) is 24.3. The first-order valence-electron chi connectivity index (χ1n) is 7.51. The molecule has 2 rings (SSSR count). The van der Waals surface area contributed by atoms with Crippen LogP contribution in [0.1, 0.15) is 45.4 Å². The van der Waals surface area contributed by atoms with Gasteiger partial charge in [-0.05, 0) is 38.5 Å². The van der Waals surface area contributed by atoms with Gasteiger partial charge in [0.1, 0.15) is 11.6 Å². The third kappa shape index (κ3) is 3.53. The van der Waals surface area contributed by atoms with E-state index in [1.807, 2.05) is 0 Å². The molecule has 1 heterocycles. The van der Waals surface area contributed by atoms with Crippen LogP contribution in [0.4, 0.5) is 13.2 Å². The second-order valence-corrected chi connectivity index (χ2v) is 6.22. The van der Waals surface area contributed by atoms with Gasteiger partial charge in [0, 0.05) is 19.5 Å². The first-order valence-corrected chi connectivity index (χ1v) is 7.51. The van der Waals surface area contributed by atoms with Crippen LogP contribution in [0, 0.1) is 0 Å². The first kappa shape index (κ1) is 17.1. The third-order valence-corrected chi connectivity index (χ3v) is 4.55. The second kappa shape index (κ2) is 6.06. The van der Waals surface area contributed by atoms with Gasteiger partial charge in [0.05, 0.1) is 0 Å². The van der Waals surface area contributed by atoms with Crippen molar-refractivity contribution in [1.29, 1.82) is 0 Å². The van der Waals surface area contributed by atoms with E-state index in [-0.39, 0.29) is 19.4 Å². The largest absolute Gasteiger partial charge is 0.408 e. The van der Waals surface area contributed by atoms with E-state index in [0.717, 1.165) is 24.7 Å². The van der Waals surface area contributed by atoms with Gasteiger partial charge in [0.2, 0.25) is 5.91 Å². The van der Waals surface area contributed by atoms with Crippen molar-refractivity contribution < 1.29 is 27.9 Å². The van der Waals surface area contributed by atoms with E-state index in [4.69, 9.17) is 0 Å². The molecule has 2 fully saturated rings. The molecule has 0 bridgehead atoms. The van der Waals surface area contributed by atoms with Gasteiger partial charge in [-0.1, -0.05) is 0 Å². The summed E-state index contributed by atoms with van der Waals surface area (Å²) in [5.74, 6) is -1.20. The van der Waals surface area contributed by atoms with Gasteiger partial charge in [-0.25, -0.2) is 0 Å². The van der Waals surface area contributed by atoms with Crippen molar-refractivity contribution in [2.24, 2.45) is 0 Å². The van der Waals surface area contributed by atoms with Crippen molar-refractivity contribution in [2.75, 3.05) is 6.54 Å². The average molecular weight is 322 g/mol. The predicted octanol–water partition coefficient (Wildman–Crippen LogP) is 1.35. The number of amides is 2. The highest BCUT2D eigenvalue weighted by atomic mass is 19.4. The van der Waals surface area contributed by atoms with Crippen LogP contribution < -0.4 is 5.32 Å². The van der Waals surface area contributed by atoms with E-state index in [2.05, 4.69) is 5.32 Å². The summed E-state index contributed by atoms with van der Waals surface area (Å²) in [5.41, 5.74) is -1.41. The highest BCUT2D eigenvalue weighted by Gasteiger charge is 2.48. The molecule has 1 aliphatic carbocycles. The Morgan fingerprint density at radius 2 is 1.82 bits per heavy atom. The van der Waals surface area contributed by atoms with Gasteiger partial charge in [-0.2, -0.15) is 13.2 Å². The van der Waals surface area contributed by atoms with Crippen LogP contribution in [0.2, 0.25) is 0 Å². The lowest BCUT2D eigenvalue weighted by Crippen LogP contribution is -2.59. The Labute approximate surface area is 126 Å². The fourth-order valence-corrected chi connectivity index (χ4v) is 3.28. The van der Waals surface area contributed by atoms with Crippen molar-refractivity contribution in [3.8, 4) is 0 Å². The summed E-state index contributed by atoms with van der Waals surface area (Å²) in [5, 5.41) is 12.8. The van der Waals surface area contributed by atoms with E-state index in [0.29, 0.717) is 12.8 Å². The minimum Gasteiger partial charge on any atom is -0.380 e. The van der Waals surface area contributed by atoms with Crippen LogP contribution in [0.15, 0.2) is 0 Å². The summed E-state index contributed by atoms with van der Waals surface area (Å²) >= 11 is 0. The van der Waals surface area contributed by atoms with Gasteiger partial charge >= 0.3 is 6.18 Å². The van der Waals surface area contributed by atoms with Crippen molar-refractivity contribution in [2.45, 2.75) is 69.3 Å². The molecular formula is C14H21F3N2O3. The van der Waals surface area contributed by atoms with Crippen molar-refractivity contribution in [3.63, 3.8) is 0 Å². The minimum absolute atomic E-state index is 0.135. The molecule has 2 aliphatic rings. The Kier molecular flexibility index (Phi) is 4.70. The number of rotatable bonds is 2. The topological polar surface area (TPSA) is 69.6 Å². The number of nitrogens with zero attached hydrogens (tertiary/aromatic N) is 1. The molecule has 2 unspecified atom stereocenters. The minimum atomic E-state index is -4.47. The number of piperidine rings is 1. The number of nitrogens with one attached hydrogen (secondary N) is 1. The number of likely N-dealkylation sites (tertiary alicyclic amines) is 1. The highest BCUT2D eigenvalue weighted by molar-refractivity contribution is 5.85. The van der Waals surface area contributed by atoms with Gasteiger partial charge in [0.25, 0.3) is 5.91 Å². The molecule has 0 radical (unpaired) electrons. The lowest BCUT2D eigenvalue weighted by Gasteiger charge is -2.40. The molecule has 0 aromatic carbocycles. The molecule has 5 nitrogen and oxygen atoms in total. The normalized spacial score (nSPS) is 28.5. The zero-order valence-electron chi connectivity index (χ0n) is 12.4. The fourth-order valence-electron chi connectivity index (χ4n) is 3.28. The lowest BCUT2D eigenvalue weighted by atomic mass is 9.95. The Morgan fingerprint density at radius 3 is 2.32 bits per heavy atom. The Balaban J connectivity index is 2.00. The van der Waals surface area contributed by atoms with Crippen LogP contribution >= 0.6 is 0 Å². The van der Waals surface area contributed by atoms with Crippen LogP contribution in [-0.2, 0) is 9.59 Å². The quantitative estimate of drug-likeness (QED) is 0.806. The number of alkyl halides is 3. The van der Waals surface area contributed by atoms with Crippen LogP contribution in [0.5, 0.6) is 0 Å². The van der Waals surface area contributed by atoms with Crippen molar-refractivity contribution in [3.05, 3.63) is 0 Å². The Bertz CT molecular complexity index is 447. The SMILES string of the molecule is CC(=O)N1CC(NC(=O)C2(O)CCCC2)CCC1C(F)(F)F. The Morgan fingerprint density at radius 1 is 1.23 bits per heavy atom. The molecule has 2 atom stereocenters. The monoisotopic (exact) mass is 322 g/mol. The molecule has 8 heteroatoms. The molecule has 22 heavy (non-hydrogen) atoms. The van der Waals surface area contributed by atoms with E-state index >= 15 is 0 Å². The smallest absolute Gasteiger partial charge is 0.380 e. The van der Waals surface area contributed by atoms with Crippen molar-refractivity contribution >= 4 is 11.8 Å². The first-order chi connectivity index (χ1) is 10.1. The number of hydrogen-bond acceptors (Lipinski definition) is 3. The maximum absolute atomic E-state index is 12.9. The molecule has 1 saturated carbocycles. The zero-order valence-corrected chi connectivity index (χ0v) is 12.4. The Hall–Kier alpha value is -1.31. The average Bonchev–Trinajstić information content (AvgIpc) is 2.85. The number of aliphatic hydroxyl groups is 1. The fraction of sp³-hybridized carbons (Fsp3) is 0.857. The molecule has 1 saturated heterocycles. The van der Waals surface area contributed by atoms with Crippen molar-refractivity contribution in [1.82, 2.24) is 10.2 Å². The summed E-state index contributed by atoms with van der Waals surface area (Å²) in [7, 11) is 0. The molecule has 0 spiro atoms. The van der Waals surface area contributed by atoms with E-state index in [9.17, 15) is 27.9 Å².